The summed E-state index contributed by atoms with van der Waals surface area (Å²) in [7, 11) is 0. The van der Waals surface area contributed by atoms with E-state index in [1.54, 1.807) is 0 Å². The van der Waals surface area contributed by atoms with Gasteiger partial charge < -0.3 is 4.84 Å². The quantitative estimate of drug-likeness (QED) is 0.724. The second-order valence-corrected chi connectivity index (χ2v) is 8.59. The lowest BCUT2D eigenvalue weighted by Crippen LogP contribution is -2.53. The minimum Gasteiger partial charge on any atom is -0.411 e. The van der Waals surface area contributed by atoms with Crippen molar-refractivity contribution in [3.63, 3.8) is 0 Å². The largest absolute Gasteiger partial charge is 0.411 e. The Bertz CT molecular complexity index is 400. The molecule has 0 saturated carbocycles. The van der Waals surface area contributed by atoms with E-state index in [1.807, 2.05) is 20.8 Å². The highest BCUT2D eigenvalue weighted by molar-refractivity contribution is 6.02. The van der Waals surface area contributed by atoms with Crippen LogP contribution in [0, 0.1) is 16.2 Å². The van der Waals surface area contributed by atoms with E-state index in [9.17, 15) is 4.79 Å². The van der Waals surface area contributed by atoms with Crippen molar-refractivity contribution in [3.05, 3.63) is 11.3 Å². The Morgan fingerprint density at radius 3 is 1.68 bits per heavy atom. The topological polar surface area (TPSA) is 38.3 Å². The number of Topliss-reactive ketones (excluding diaryl/α,β-unsaturated/α-hetero) is 1. The third-order valence-corrected chi connectivity index (χ3v) is 3.31. The number of carbonyl (C=O) groups excluding carboxylic acids is 1. The minimum absolute atomic E-state index is 0.163. The molecule has 0 spiro atoms. The summed E-state index contributed by atoms with van der Waals surface area (Å²) in [6.45, 7) is 18.6. The van der Waals surface area contributed by atoms with Gasteiger partial charge in [0, 0.05) is 11.0 Å². The first-order chi connectivity index (χ1) is 8.26. The molecular weight excluding hydrogens is 238 g/mol. The van der Waals surface area contributed by atoms with Crippen LogP contribution in [-0.4, -0.2) is 11.8 Å². The van der Waals surface area contributed by atoms with Crippen LogP contribution < -0.4 is 5.48 Å². The maximum Gasteiger partial charge on any atom is 0.183 e. The highest BCUT2D eigenvalue weighted by Gasteiger charge is 2.44. The Hall–Kier alpha value is -0.830. The smallest absolute Gasteiger partial charge is 0.183 e. The third-order valence-electron chi connectivity index (χ3n) is 3.31. The molecule has 0 amide bonds. The number of ketones is 1. The van der Waals surface area contributed by atoms with Gasteiger partial charge in [0.2, 0.25) is 0 Å². The third kappa shape index (κ3) is 3.38. The second-order valence-electron chi connectivity index (χ2n) is 8.59. The van der Waals surface area contributed by atoms with E-state index in [0.29, 0.717) is 0 Å². The molecule has 1 unspecified atom stereocenters. The van der Waals surface area contributed by atoms with Crippen LogP contribution in [0.5, 0.6) is 0 Å². The molecule has 0 aromatic heterocycles. The van der Waals surface area contributed by atoms with Crippen molar-refractivity contribution in [2.24, 2.45) is 16.2 Å². The summed E-state index contributed by atoms with van der Waals surface area (Å²) in [5, 5.41) is 0. The molecule has 3 nitrogen and oxygen atoms in total. The first-order valence-corrected chi connectivity index (χ1v) is 6.98. The number of nitrogens with one attached hydrogen (secondary N) is 1. The Balaban J connectivity index is 3.39. The van der Waals surface area contributed by atoms with E-state index < -0.39 is 0 Å². The van der Waals surface area contributed by atoms with Crippen molar-refractivity contribution in [2.75, 3.05) is 0 Å². The maximum atomic E-state index is 12.9. The van der Waals surface area contributed by atoms with E-state index in [2.05, 4.69) is 47.0 Å². The standard InChI is InChI=1S/C16H29NO2/c1-14(2,3)10-11(18)12(15(4,5)6)17-19-13(10)16(7,8)9/h12,17H,1-9H3. The first-order valence-electron chi connectivity index (χ1n) is 6.98. The van der Waals surface area contributed by atoms with E-state index in [0.717, 1.165) is 11.3 Å². The van der Waals surface area contributed by atoms with Gasteiger partial charge in [-0.2, -0.15) is 0 Å². The Kier molecular flexibility index (Phi) is 3.95. The van der Waals surface area contributed by atoms with E-state index in [-0.39, 0.29) is 28.1 Å². The second kappa shape index (κ2) is 4.62. The molecule has 0 aromatic carbocycles. The molecule has 0 fully saturated rings. The number of rotatable bonds is 0. The van der Waals surface area contributed by atoms with Crippen LogP contribution in [0.1, 0.15) is 62.3 Å². The number of hydrogen-bond acceptors (Lipinski definition) is 3. The highest BCUT2D eigenvalue weighted by atomic mass is 16.7. The molecule has 1 N–H and O–H groups in total. The predicted molar refractivity (Wildman–Crippen MR) is 78.4 cm³/mol. The number of carbonyl (C=O) groups is 1. The summed E-state index contributed by atoms with van der Waals surface area (Å²) in [4.78, 5) is 18.7. The van der Waals surface area contributed by atoms with Gasteiger partial charge in [-0.25, -0.2) is 0 Å². The van der Waals surface area contributed by atoms with Gasteiger partial charge in [0.15, 0.2) is 5.78 Å². The highest BCUT2D eigenvalue weighted by Crippen LogP contribution is 2.41. The first kappa shape index (κ1) is 16.2. The van der Waals surface area contributed by atoms with Crippen LogP contribution in [0.2, 0.25) is 0 Å². The van der Waals surface area contributed by atoms with Crippen LogP contribution in [0.4, 0.5) is 0 Å². The zero-order valence-corrected chi connectivity index (χ0v) is 13.9. The monoisotopic (exact) mass is 267 g/mol. The number of hydroxylamine groups is 1. The molecule has 1 rings (SSSR count). The van der Waals surface area contributed by atoms with Crippen LogP contribution in [0.15, 0.2) is 11.3 Å². The normalized spacial score (nSPS) is 22.6. The molecule has 0 aliphatic carbocycles. The van der Waals surface area contributed by atoms with Crippen molar-refractivity contribution >= 4 is 5.78 Å². The van der Waals surface area contributed by atoms with Crippen molar-refractivity contribution in [1.82, 2.24) is 5.48 Å². The zero-order chi connectivity index (χ0) is 15.2. The van der Waals surface area contributed by atoms with Crippen LogP contribution in [-0.2, 0) is 9.63 Å². The molecule has 110 valence electrons. The fourth-order valence-electron chi connectivity index (χ4n) is 2.29. The molecule has 0 aromatic rings. The Morgan fingerprint density at radius 2 is 1.37 bits per heavy atom. The summed E-state index contributed by atoms with van der Waals surface area (Å²) in [6.07, 6.45) is 0. The molecular formula is C16H29NO2. The molecule has 1 atom stereocenters. The van der Waals surface area contributed by atoms with Gasteiger partial charge in [0.25, 0.3) is 0 Å². The molecule has 1 aliphatic heterocycles. The van der Waals surface area contributed by atoms with Crippen molar-refractivity contribution < 1.29 is 9.63 Å². The predicted octanol–water partition coefficient (Wildman–Crippen LogP) is 3.85. The SMILES string of the molecule is CC(C)(C)C1=C(C(C)(C)C)C(=O)C(C(C)(C)C)NO1. The zero-order valence-electron chi connectivity index (χ0n) is 13.9. The number of allylic oxidation sites excluding steroid dienone is 1. The summed E-state index contributed by atoms with van der Waals surface area (Å²) in [5.41, 5.74) is 3.21. The molecule has 1 aliphatic rings. The average molecular weight is 267 g/mol. The molecule has 19 heavy (non-hydrogen) atoms. The van der Waals surface area contributed by atoms with Crippen molar-refractivity contribution in [2.45, 2.75) is 68.4 Å². The summed E-state index contributed by atoms with van der Waals surface area (Å²) in [6, 6.07) is -0.298. The summed E-state index contributed by atoms with van der Waals surface area (Å²) >= 11 is 0. The lowest BCUT2D eigenvalue weighted by Gasteiger charge is -2.41. The molecule has 3 heteroatoms. The van der Waals surface area contributed by atoms with Crippen LogP contribution >= 0.6 is 0 Å². The lowest BCUT2D eigenvalue weighted by molar-refractivity contribution is -0.130. The van der Waals surface area contributed by atoms with Crippen molar-refractivity contribution in [3.8, 4) is 0 Å². The van der Waals surface area contributed by atoms with Gasteiger partial charge in [-0.05, 0) is 10.8 Å². The molecule has 0 radical (unpaired) electrons. The fraction of sp³-hybridized carbons (Fsp3) is 0.812. The van der Waals surface area contributed by atoms with Gasteiger partial charge in [0.05, 0.1) is 0 Å². The summed E-state index contributed by atoms with van der Waals surface area (Å²) in [5.74, 6) is 0.932. The van der Waals surface area contributed by atoms with Crippen molar-refractivity contribution in [1.29, 1.82) is 0 Å². The summed E-state index contributed by atoms with van der Waals surface area (Å²) < 4.78 is 0. The number of hydrogen-bond donors (Lipinski definition) is 1. The van der Waals surface area contributed by atoms with Gasteiger partial charge in [-0.15, -0.1) is 5.48 Å². The Labute approximate surface area is 117 Å². The maximum absolute atomic E-state index is 12.9. The Morgan fingerprint density at radius 1 is 0.895 bits per heavy atom. The van der Waals surface area contributed by atoms with E-state index >= 15 is 0 Å². The minimum atomic E-state index is -0.298. The molecule has 0 bridgehead atoms. The van der Waals surface area contributed by atoms with Gasteiger partial charge in [-0.1, -0.05) is 62.3 Å². The average Bonchev–Trinajstić information content (AvgIpc) is 2.11. The van der Waals surface area contributed by atoms with Gasteiger partial charge >= 0.3 is 0 Å². The van der Waals surface area contributed by atoms with Crippen LogP contribution in [0.25, 0.3) is 0 Å². The van der Waals surface area contributed by atoms with Gasteiger partial charge in [0.1, 0.15) is 11.8 Å². The molecule has 0 saturated heterocycles. The van der Waals surface area contributed by atoms with E-state index in [1.165, 1.54) is 0 Å². The molecule has 1 heterocycles. The fourth-order valence-corrected chi connectivity index (χ4v) is 2.29. The lowest BCUT2D eigenvalue weighted by atomic mass is 9.72. The van der Waals surface area contributed by atoms with Crippen LogP contribution in [0.3, 0.4) is 0 Å². The van der Waals surface area contributed by atoms with E-state index in [4.69, 9.17) is 4.84 Å². The van der Waals surface area contributed by atoms with Gasteiger partial charge in [-0.3, -0.25) is 4.79 Å².